The summed E-state index contributed by atoms with van der Waals surface area (Å²) < 4.78 is 5.15. The molecule has 0 radical (unpaired) electrons. The summed E-state index contributed by atoms with van der Waals surface area (Å²) in [5.74, 6) is 1.04. The number of amides is 2. The Morgan fingerprint density at radius 3 is 2.79 bits per heavy atom. The first-order chi connectivity index (χ1) is 11.3. The Balaban J connectivity index is 1.70. The molecule has 1 aliphatic heterocycles. The van der Waals surface area contributed by atoms with Crippen LogP contribution in [0.1, 0.15) is 51.6 Å². The Bertz CT molecular complexity index is 584. The number of ether oxygens (including phenoxy) is 1. The molecule has 5 nitrogen and oxygen atoms in total. The Hall–Kier alpha value is -1.69. The highest BCUT2D eigenvalue weighted by Gasteiger charge is 2.21. The number of carbonyl (C=O) groups is 2. The molecule has 2 amide bonds. The van der Waals surface area contributed by atoms with Crippen molar-refractivity contribution >= 4 is 23.8 Å². The zero-order valence-corrected chi connectivity index (χ0v) is 15.4. The summed E-state index contributed by atoms with van der Waals surface area (Å²) in [5.41, 5.74) is 0.697. The van der Waals surface area contributed by atoms with Crippen LogP contribution in [0.25, 0.3) is 0 Å². The molecule has 24 heavy (non-hydrogen) atoms. The van der Waals surface area contributed by atoms with Gasteiger partial charge in [-0.25, -0.2) is 4.79 Å². The van der Waals surface area contributed by atoms with Gasteiger partial charge in [0.2, 0.25) is 5.91 Å². The molecule has 0 aliphatic carbocycles. The van der Waals surface area contributed by atoms with E-state index in [1.165, 1.54) is 10.5 Å². The Morgan fingerprint density at radius 1 is 1.29 bits per heavy atom. The summed E-state index contributed by atoms with van der Waals surface area (Å²) in [6.45, 7) is 5.89. The second-order valence-electron chi connectivity index (χ2n) is 6.83. The molecule has 0 saturated carbocycles. The lowest BCUT2D eigenvalue weighted by atomic mass is 10.0. The predicted octanol–water partition coefficient (Wildman–Crippen LogP) is 3.64. The lowest BCUT2D eigenvalue weighted by Gasteiger charge is -2.26. The fraction of sp³-hybridized carbons (Fsp3) is 0.556. The van der Waals surface area contributed by atoms with Crippen molar-refractivity contribution < 1.29 is 14.3 Å². The Kier molecular flexibility index (Phi) is 6.54. The average Bonchev–Trinajstić information content (AvgIpc) is 2.50. The standard InChI is InChI=1S/C18H26N2O3S/c1-18(2,3)23-17(22)19-11-6-9-16(21)20-14-10-12-24-15-8-5-4-7-13(14)15/h4-5,7-8,14H,6,9-12H2,1-3H3,(H,19,22)(H,20,21)/t14-/m0/s1. The van der Waals surface area contributed by atoms with Gasteiger partial charge in [0, 0.05) is 23.6 Å². The molecule has 6 heteroatoms. The summed E-state index contributed by atoms with van der Waals surface area (Å²) in [5, 5.41) is 5.77. The zero-order chi connectivity index (χ0) is 17.6. The predicted molar refractivity (Wildman–Crippen MR) is 96.1 cm³/mol. The summed E-state index contributed by atoms with van der Waals surface area (Å²) >= 11 is 1.84. The van der Waals surface area contributed by atoms with E-state index in [-0.39, 0.29) is 11.9 Å². The van der Waals surface area contributed by atoms with Gasteiger partial charge in [0.15, 0.2) is 0 Å². The van der Waals surface area contributed by atoms with Crippen LogP contribution in [0, 0.1) is 0 Å². The second kappa shape index (κ2) is 8.42. The van der Waals surface area contributed by atoms with Gasteiger partial charge in [-0.2, -0.15) is 0 Å². The Labute approximate surface area is 147 Å². The van der Waals surface area contributed by atoms with Crippen LogP contribution in [0.4, 0.5) is 4.79 Å². The van der Waals surface area contributed by atoms with E-state index in [4.69, 9.17) is 4.74 Å². The molecule has 132 valence electrons. The molecule has 0 unspecified atom stereocenters. The summed E-state index contributed by atoms with van der Waals surface area (Å²) in [7, 11) is 0. The van der Waals surface area contributed by atoms with Crippen molar-refractivity contribution in [2.45, 2.75) is 56.6 Å². The zero-order valence-electron chi connectivity index (χ0n) is 14.6. The highest BCUT2D eigenvalue weighted by atomic mass is 32.2. The van der Waals surface area contributed by atoms with Crippen LogP contribution >= 0.6 is 11.8 Å². The van der Waals surface area contributed by atoms with Crippen LogP contribution in [0.3, 0.4) is 0 Å². The van der Waals surface area contributed by atoms with Gasteiger partial charge in [-0.3, -0.25) is 4.79 Å². The van der Waals surface area contributed by atoms with Crippen molar-refractivity contribution in [1.82, 2.24) is 10.6 Å². The fourth-order valence-corrected chi connectivity index (χ4v) is 3.64. The first-order valence-electron chi connectivity index (χ1n) is 8.33. The smallest absolute Gasteiger partial charge is 0.407 e. The quantitative estimate of drug-likeness (QED) is 0.796. The Morgan fingerprint density at radius 2 is 2.04 bits per heavy atom. The average molecular weight is 350 g/mol. The van der Waals surface area contributed by atoms with Gasteiger partial charge in [0.05, 0.1) is 6.04 Å². The monoisotopic (exact) mass is 350 g/mol. The lowest BCUT2D eigenvalue weighted by molar-refractivity contribution is -0.122. The molecule has 0 aromatic heterocycles. The minimum Gasteiger partial charge on any atom is -0.444 e. The van der Waals surface area contributed by atoms with Crippen LogP contribution in [0.5, 0.6) is 0 Å². The van der Waals surface area contributed by atoms with Crippen LogP contribution in [-0.4, -0.2) is 29.9 Å². The largest absolute Gasteiger partial charge is 0.444 e. The van der Waals surface area contributed by atoms with E-state index in [1.54, 1.807) is 0 Å². The van der Waals surface area contributed by atoms with Crippen LogP contribution in [0.15, 0.2) is 29.2 Å². The number of hydrogen-bond donors (Lipinski definition) is 2. The van der Waals surface area contributed by atoms with Crippen LogP contribution in [0.2, 0.25) is 0 Å². The third-order valence-corrected chi connectivity index (χ3v) is 4.67. The maximum Gasteiger partial charge on any atom is 0.407 e. The van der Waals surface area contributed by atoms with Crippen molar-refractivity contribution in [2.24, 2.45) is 0 Å². The van der Waals surface area contributed by atoms with E-state index in [2.05, 4.69) is 22.8 Å². The molecule has 0 bridgehead atoms. The molecular formula is C18H26N2O3S. The number of alkyl carbamates (subject to hydrolysis) is 1. The normalized spacial score (nSPS) is 16.9. The summed E-state index contributed by atoms with van der Waals surface area (Å²) in [6, 6.07) is 8.31. The molecule has 0 fully saturated rings. The van der Waals surface area contributed by atoms with Gasteiger partial charge < -0.3 is 15.4 Å². The van der Waals surface area contributed by atoms with Gasteiger partial charge in [0.25, 0.3) is 0 Å². The first kappa shape index (κ1) is 18.6. The summed E-state index contributed by atoms with van der Waals surface area (Å²) in [6.07, 6.45) is 1.49. The SMILES string of the molecule is CC(C)(C)OC(=O)NCCCC(=O)N[C@H]1CCSc2ccccc21. The van der Waals surface area contributed by atoms with E-state index in [9.17, 15) is 9.59 Å². The number of rotatable bonds is 5. The lowest BCUT2D eigenvalue weighted by Crippen LogP contribution is -2.34. The van der Waals surface area contributed by atoms with Gasteiger partial charge in [-0.15, -0.1) is 11.8 Å². The third kappa shape index (κ3) is 6.07. The first-order valence-corrected chi connectivity index (χ1v) is 9.31. The van der Waals surface area contributed by atoms with Crippen molar-refractivity contribution in [3.63, 3.8) is 0 Å². The van der Waals surface area contributed by atoms with Gasteiger partial charge >= 0.3 is 6.09 Å². The molecule has 2 rings (SSSR count). The highest BCUT2D eigenvalue weighted by molar-refractivity contribution is 7.99. The fourth-order valence-electron chi connectivity index (χ4n) is 2.51. The van der Waals surface area contributed by atoms with Gasteiger partial charge in [-0.05, 0) is 45.2 Å². The van der Waals surface area contributed by atoms with Gasteiger partial charge in [0.1, 0.15) is 5.60 Å². The number of carbonyl (C=O) groups excluding carboxylic acids is 2. The molecule has 1 aliphatic rings. The molecule has 0 spiro atoms. The van der Waals surface area contributed by atoms with Crippen molar-refractivity contribution in [2.75, 3.05) is 12.3 Å². The minimum absolute atomic E-state index is 0.0210. The van der Waals surface area contributed by atoms with Crippen molar-refractivity contribution in [1.29, 1.82) is 0 Å². The molecule has 2 N–H and O–H groups in total. The highest BCUT2D eigenvalue weighted by Crippen LogP contribution is 2.35. The number of benzene rings is 1. The minimum atomic E-state index is -0.506. The molecular weight excluding hydrogens is 324 g/mol. The second-order valence-corrected chi connectivity index (χ2v) is 7.96. The van der Waals surface area contributed by atoms with E-state index >= 15 is 0 Å². The molecule has 1 aromatic carbocycles. The molecule has 1 heterocycles. The maximum atomic E-state index is 12.1. The topological polar surface area (TPSA) is 67.4 Å². The van der Waals surface area contributed by atoms with Crippen molar-refractivity contribution in [3.05, 3.63) is 29.8 Å². The molecule has 1 aromatic rings. The number of fused-ring (bicyclic) bond motifs is 1. The van der Waals surface area contributed by atoms with Gasteiger partial charge in [-0.1, -0.05) is 18.2 Å². The van der Waals surface area contributed by atoms with E-state index in [0.29, 0.717) is 19.4 Å². The molecule has 0 saturated heterocycles. The van der Waals surface area contributed by atoms with Crippen molar-refractivity contribution in [3.8, 4) is 0 Å². The third-order valence-electron chi connectivity index (χ3n) is 3.54. The van der Waals surface area contributed by atoms with E-state index in [0.717, 1.165) is 12.2 Å². The summed E-state index contributed by atoms with van der Waals surface area (Å²) in [4.78, 5) is 24.9. The number of nitrogens with one attached hydrogen (secondary N) is 2. The molecule has 1 atom stereocenters. The van der Waals surface area contributed by atoms with E-state index < -0.39 is 11.7 Å². The van der Waals surface area contributed by atoms with Crippen LogP contribution < -0.4 is 10.6 Å². The number of hydrogen-bond acceptors (Lipinski definition) is 4. The van der Waals surface area contributed by atoms with E-state index in [1.807, 2.05) is 44.7 Å². The maximum absolute atomic E-state index is 12.1. The number of thioether (sulfide) groups is 1. The van der Waals surface area contributed by atoms with Crippen LogP contribution in [-0.2, 0) is 9.53 Å².